The molecule has 0 radical (unpaired) electrons. The van der Waals surface area contributed by atoms with Crippen LogP contribution in [0.2, 0.25) is 0 Å². The van der Waals surface area contributed by atoms with Crippen molar-refractivity contribution in [2.45, 2.75) is 50.0 Å². The molecule has 15 heteroatoms. The predicted octanol–water partition coefficient (Wildman–Crippen LogP) is 5.77. The lowest BCUT2D eigenvalue weighted by Gasteiger charge is -2.23. The van der Waals surface area contributed by atoms with E-state index < -0.39 is 53.3 Å². The van der Waals surface area contributed by atoms with E-state index in [0.717, 1.165) is 24.3 Å². The molecule has 43 heavy (non-hydrogen) atoms. The molecule has 9 nitrogen and oxygen atoms in total. The lowest BCUT2D eigenvalue weighted by atomic mass is 9.98. The van der Waals surface area contributed by atoms with Crippen LogP contribution in [0.15, 0.2) is 53.6 Å². The van der Waals surface area contributed by atoms with Gasteiger partial charge in [0.05, 0.1) is 38.5 Å². The van der Waals surface area contributed by atoms with Crippen molar-refractivity contribution in [3.8, 4) is 21.8 Å². The summed E-state index contributed by atoms with van der Waals surface area (Å²) in [4.78, 5) is 12.8. The first-order chi connectivity index (χ1) is 20.1. The van der Waals surface area contributed by atoms with Crippen molar-refractivity contribution in [3.63, 3.8) is 0 Å². The van der Waals surface area contributed by atoms with Gasteiger partial charge in [0, 0.05) is 23.2 Å². The first-order valence-electron chi connectivity index (χ1n) is 13.2. The predicted molar refractivity (Wildman–Crippen MR) is 160 cm³/mol. The molecule has 0 unspecified atom stereocenters. The summed E-state index contributed by atoms with van der Waals surface area (Å²) in [6.07, 6.45) is 2.36. The summed E-state index contributed by atoms with van der Waals surface area (Å²) < 4.78 is 95.9. The summed E-state index contributed by atoms with van der Waals surface area (Å²) in [5.74, 6) is -3.21. The highest BCUT2D eigenvalue weighted by Gasteiger charge is 2.29. The van der Waals surface area contributed by atoms with Gasteiger partial charge in [-0.15, -0.1) is 11.3 Å². The topological polar surface area (TPSA) is 131 Å². The molecule has 0 atom stereocenters. The van der Waals surface area contributed by atoms with Crippen molar-refractivity contribution in [3.05, 3.63) is 71.1 Å². The third-order valence-corrected chi connectivity index (χ3v) is 11.4. The van der Waals surface area contributed by atoms with Gasteiger partial charge in [-0.25, -0.2) is 45.0 Å². The number of nitrogens with one attached hydrogen (secondary N) is 2. The molecule has 0 spiro atoms. The van der Waals surface area contributed by atoms with Gasteiger partial charge in [-0.1, -0.05) is 32.9 Å². The van der Waals surface area contributed by atoms with Gasteiger partial charge in [-0.3, -0.25) is 4.72 Å². The Kier molecular flexibility index (Phi) is 8.26. The second kappa shape index (κ2) is 11.5. The van der Waals surface area contributed by atoms with Gasteiger partial charge in [0.15, 0.2) is 10.7 Å². The third kappa shape index (κ3) is 6.68. The van der Waals surface area contributed by atoms with Crippen LogP contribution < -0.4 is 10.0 Å². The molecule has 3 heterocycles. The Morgan fingerprint density at radius 1 is 0.953 bits per heavy atom. The van der Waals surface area contributed by atoms with Crippen LogP contribution in [0.1, 0.15) is 38.6 Å². The number of aromatic nitrogens is 3. The molecule has 4 aromatic rings. The molecular weight excluding hydrogens is 624 g/mol. The lowest BCUT2D eigenvalue weighted by molar-refractivity contribution is 0.521. The Morgan fingerprint density at radius 3 is 2.26 bits per heavy atom. The molecule has 5 rings (SSSR count). The van der Waals surface area contributed by atoms with E-state index >= 15 is 4.39 Å². The number of halogens is 3. The fraction of sp³-hybridized carbons (Fsp3) is 0.321. The normalized spacial score (nSPS) is 15.8. The van der Waals surface area contributed by atoms with Crippen molar-refractivity contribution in [1.29, 1.82) is 0 Å². The quantitative estimate of drug-likeness (QED) is 0.258. The molecule has 1 saturated heterocycles. The zero-order chi connectivity index (χ0) is 31.2. The second-order valence-corrected chi connectivity index (χ2v) is 16.0. The molecule has 1 aliphatic rings. The fourth-order valence-corrected chi connectivity index (χ4v) is 8.29. The van der Waals surface area contributed by atoms with Crippen LogP contribution in [-0.2, 0) is 25.3 Å². The third-order valence-electron chi connectivity index (χ3n) is 6.73. The van der Waals surface area contributed by atoms with Gasteiger partial charge in [-0.2, -0.15) is 0 Å². The van der Waals surface area contributed by atoms with Crippen LogP contribution in [0.25, 0.3) is 21.8 Å². The van der Waals surface area contributed by atoms with Crippen molar-refractivity contribution in [2.24, 2.45) is 0 Å². The molecular formula is C28H28F3N5O4S3. The minimum atomic E-state index is -4.83. The summed E-state index contributed by atoms with van der Waals surface area (Å²) in [6, 6.07) is 8.07. The molecule has 2 aromatic carbocycles. The van der Waals surface area contributed by atoms with Gasteiger partial charge in [0.25, 0.3) is 10.0 Å². The van der Waals surface area contributed by atoms with E-state index in [1.807, 2.05) is 25.5 Å². The highest BCUT2D eigenvalue weighted by Crippen LogP contribution is 2.42. The van der Waals surface area contributed by atoms with Crippen molar-refractivity contribution < 1.29 is 30.0 Å². The van der Waals surface area contributed by atoms with Crippen LogP contribution in [0, 0.1) is 17.5 Å². The van der Waals surface area contributed by atoms with Gasteiger partial charge in [0.2, 0.25) is 5.95 Å². The zero-order valence-corrected chi connectivity index (χ0v) is 25.8. The Balaban J connectivity index is 1.54. The minimum absolute atomic E-state index is 0.0541. The highest BCUT2D eigenvalue weighted by molar-refractivity contribution is 7.92. The van der Waals surface area contributed by atoms with Gasteiger partial charge >= 0.3 is 0 Å². The summed E-state index contributed by atoms with van der Waals surface area (Å²) >= 11 is 1.28. The fourth-order valence-electron chi connectivity index (χ4n) is 4.50. The molecule has 2 aromatic heterocycles. The van der Waals surface area contributed by atoms with E-state index in [-0.39, 0.29) is 34.8 Å². The number of sulfonamides is 1. The van der Waals surface area contributed by atoms with E-state index in [2.05, 4.69) is 15.3 Å². The van der Waals surface area contributed by atoms with E-state index in [1.165, 1.54) is 29.7 Å². The van der Waals surface area contributed by atoms with Crippen LogP contribution >= 0.6 is 11.3 Å². The summed E-state index contributed by atoms with van der Waals surface area (Å²) in [5.41, 5.74) is -0.394. The smallest absolute Gasteiger partial charge is 0.267 e. The number of nitrogens with zero attached hydrogens (tertiary/aromatic N) is 3. The standard InChI is InChI=1S/C28H28F3N5O4S3/c1-28(2,3)26-35-23(24(41-26)21-10-13-32-27(34-21)33-16-11-14-42(37,38)15-12-16)17-6-4-9-20(22(17)31)36-43(39,40)25-18(29)7-5-8-19(25)30/h4-10,13,16,36H,11-12,14-15H2,1-3H3,(H,32,33,34). The second-order valence-electron chi connectivity index (χ2n) is 11.1. The maximum absolute atomic E-state index is 16.0. The Bertz CT molecular complexity index is 1870. The van der Waals surface area contributed by atoms with Gasteiger partial charge in [0.1, 0.15) is 21.5 Å². The number of benzene rings is 2. The molecule has 0 aliphatic carbocycles. The first kappa shape index (κ1) is 30.9. The van der Waals surface area contributed by atoms with E-state index in [9.17, 15) is 25.6 Å². The van der Waals surface area contributed by atoms with Gasteiger partial charge in [-0.05, 0) is 43.2 Å². The molecule has 1 fully saturated rings. The van der Waals surface area contributed by atoms with Crippen molar-refractivity contribution in [2.75, 3.05) is 21.5 Å². The van der Waals surface area contributed by atoms with E-state index in [4.69, 9.17) is 4.98 Å². The maximum atomic E-state index is 16.0. The number of hydrogen-bond acceptors (Lipinski definition) is 9. The number of hydrogen-bond donors (Lipinski definition) is 2. The average molecular weight is 652 g/mol. The molecule has 1 aliphatic heterocycles. The maximum Gasteiger partial charge on any atom is 0.267 e. The summed E-state index contributed by atoms with van der Waals surface area (Å²) in [5, 5.41) is 3.84. The van der Waals surface area contributed by atoms with Crippen LogP contribution in [0.3, 0.4) is 0 Å². The van der Waals surface area contributed by atoms with Crippen molar-refractivity contribution in [1.82, 2.24) is 15.0 Å². The van der Waals surface area contributed by atoms with Gasteiger partial charge < -0.3 is 5.32 Å². The monoisotopic (exact) mass is 651 g/mol. The summed E-state index contributed by atoms with van der Waals surface area (Å²) in [6.45, 7) is 5.81. The SMILES string of the molecule is CC(C)(C)c1nc(-c2cccc(NS(=O)(=O)c3c(F)cccc3F)c2F)c(-c2ccnc(NC3CCS(=O)(=O)CC3)n2)s1. The molecule has 0 saturated carbocycles. The van der Waals surface area contributed by atoms with Crippen molar-refractivity contribution >= 4 is 42.8 Å². The lowest BCUT2D eigenvalue weighted by Crippen LogP contribution is -2.32. The molecule has 0 bridgehead atoms. The molecule has 2 N–H and O–H groups in total. The molecule has 0 amide bonds. The van der Waals surface area contributed by atoms with Crippen LogP contribution in [0.4, 0.5) is 24.8 Å². The molecule has 228 valence electrons. The largest absolute Gasteiger partial charge is 0.351 e. The summed E-state index contributed by atoms with van der Waals surface area (Å²) in [7, 11) is -7.88. The average Bonchev–Trinajstić information content (AvgIpc) is 3.37. The van der Waals surface area contributed by atoms with E-state index in [0.29, 0.717) is 28.4 Å². The zero-order valence-electron chi connectivity index (χ0n) is 23.4. The highest BCUT2D eigenvalue weighted by atomic mass is 32.2. The number of rotatable bonds is 7. The number of thiazole rings is 1. The van der Waals surface area contributed by atoms with Crippen LogP contribution in [-0.4, -0.2) is 49.3 Å². The minimum Gasteiger partial charge on any atom is -0.351 e. The Labute approximate surface area is 251 Å². The number of anilines is 2. The first-order valence-corrected chi connectivity index (χ1v) is 17.3. The Morgan fingerprint density at radius 2 is 1.60 bits per heavy atom. The van der Waals surface area contributed by atoms with E-state index in [1.54, 1.807) is 6.07 Å². The number of sulfone groups is 1. The van der Waals surface area contributed by atoms with Crippen LogP contribution in [0.5, 0.6) is 0 Å². The Hall–Kier alpha value is -3.56.